The molecule has 2 aliphatic rings. The zero-order valence-corrected chi connectivity index (χ0v) is 13.4. The SMILES string of the molecule is CN1N=C(C(=O)Nc2ccc3c(c2)Cc2ccccc2-3)CCC1=O. The standard InChI is InChI=1S/C19H17N3O2/c1-22-18(23)9-8-17(21-22)19(24)20-14-6-7-16-13(11-14)10-12-4-2-3-5-15(12)16/h2-7,11H,8-10H2,1H3,(H,20,24). The summed E-state index contributed by atoms with van der Waals surface area (Å²) in [5, 5.41) is 8.18. The molecule has 5 nitrogen and oxygen atoms in total. The number of rotatable bonds is 2. The third kappa shape index (κ3) is 2.48. The fourth-order valence-corrected chi connectivity index (χ4v) is 3.26. The van der Waals surface area contributed by atoms with Crippen molar-refractivity contribution in [1.82, 2.24) is 5.01 Å². The molecule has 5 heteroatoms. The van der Waals surface area contributed by atoms with Crippen molar-refractivity contribution >= 4 is 23.2 Å². The molecular formula is C19H17N3O2. The van der Waals surface area contributed by atoms with E-state index in [1.807, 2.05) is 24.3 Å². The van der Waals surface area contributed by atoms with E-state index in [0.717, 1.165) is 12.1 Å². The van der Waals surface area contributed by atoms with Gasteiger partial charge in [0.1, 0.15) is 5.71 Å². The van der Waals surface area contributed by atoms with Gasteiger partial charge in [0, 0.05) is 25.6 Å². The Hall–Kier alpha value is -2.95. The maximum atomic E-state index is 12.4. The highest BCUT2D eigenvalue weighted by molar-refractivity contribution is 6.43. The molecular weight excluding hydrogens is 302 g/mol. The Morgan fingerprint density at radius 2 is 1.88 bits per heavy atom. The number of fused-ring (bicyclic) bond motifs is 3. The second-order valence-corrected chi connectivity index (χ2v) is 6.12. The Bertz CT molecular complexity index is 886. The molecule has 0 radical (unpaired) electrons. The smallest absolute Gasteiger partial charge is 0.271 e. The van der Waals surface area contributed by atoms with E-state index in [9.17, 15) is 9.59 Å². The lowest BCUT2D eigenvalue weighted by Crippen LogP contribution is -2.34. The number of anilines is 1. The van der Waals surface area contributed by atoms with E-state index in [1.54, 1.807) is 7.05 Å². The molecule has 0 unspecified atom stereocenters. The largest absolute Gasteiger partial charge is 0.321 e. The topological polar surface area (TPSA) is 61.8 Å². The minimum atomic E-state index is -0.246. The van der Waals surface area contributed by atoms with Crippen molar-refractivity contribution in [2.45, 2.75) is 19.3 Å². The van der Waals surface area contributed by atoms with Gasteiger partial charge in [0.05, 0.1) is 0 Å². The monoisotopic (exact) mass is 319 g/mol. The van der Waals surface area contributed by atoms with Gasteiger partial charge in [-0.25, -0.2) is 5.01 Å². The molecule has 0 saturated carbocycles. The number of amides is 2. The summed E-state index contributed by atoms with van der Waals surface area (Å²) in [7, 11) is 1.57. The Morgan fingerprint density at radius 1 is 1.08 bits per heavy atom. The Balaban J connectivity index is 1.55. The van der Waals surface area contributed by atoms with E-state index in [2.05, 4.69) is 28.6 Å². The molecule has 2 aromatic rings. The molecule has 1 N–H and O–H groups in total. The molecule has 0 spiro atoms. The number of hydrazone groups is 1. The predicted octanol–water partition coefficient (Wildman–Crippen LogP) is 2.80. The van der Waals surface area contributed by atoms with Crippen molar-refractivity contribution < 1.29 is 9.59 Å². The molecule has 0 fully saturated rings. The number of nitrogens with one attached hydrogen (secondary N) is 1. The van der Waals surface area contributed by atoms with Crippen molar-refractivity contribution in [2.75, 3.05) is 12.4 Å². The van der Waals surface area contributed by atoms with Crippen molar-refractivity contribution in [3.63, 3.8) is 0 Å². The first-order valence-corrected chi connectivity index (χ1v) is 7.98. The normalized spacial score (nSPS) is 15.6. The van der Waals surface area contributed by atoms with Crippen LogP contribution in [0.2, 0.25) is 0 Å². The molecule has 120 valence electrons. The Labute approximate surface area is 140 Å². The molecule has 0 saturated heterocycles. The third-order valence-electron chi connectivity index (χ3n) is 4.52. The van der Waals surface area contributed by atoms with Gasteiger partial charge in [0.2, 0.25) is 5.91 Å². The van der Waals surface area contributed by atoms with Crippen LogP contribution in [0.5, 0.6) is 0 Å². The molecule has 2 amide bonds. The summed E-state index contributed by atoms with van der Waals surface area (Å²) in [5.74, 6) is -0.313. The van der Waals surface area contributed by atoms with Gasteiger partial charge >= 0.3 is 0 Å². The molecule has 2 aromatic carbocycles. The molecule has 1 aliphatic heterocycles. The van der Waals surface area contributed by atoms with Gasteiger partial charge in [0.25, 0.3) is 5.91 Å². The second-order valence-electron chi connectivity index (χ2n) is 6.12. The zero-order chi connectivity index (χ0) is 16.7. The average molecular weight is 319 g/mol. The molecule has 24 heavy (non-hydrogen) atoms. The Morgan fingerprint density at radius 3 is 2.71 bits per heavy atom. The van der Waals surface area contributed by atoms with Crippen LogP contribution in [0.4, 0.5) is 5.69 Å². The fraction of sp³-hybridized carbons (Fsp3) is 0.211. The maximum absolute atomic E-state index is 12.4. The van der Waals surface area contributed by atoms with E-state index in [0.29, 0.717) is 18.6 Å². The highest BCUT2D eigenvalue weighted by atomic mass is 16.2. The molecule has 4 rings (SSSR count). The van der Waals surface area contributed by atoms with Crippen LogP contribution >= 0.6 is 0 Å². The summed E-state index contributed by atoms with van der Waals surface area (Å²) >= 11 is 0. The molecule has 0 bridgehead atoms. The van der Waals surface area contributed by atoms with Crippen molar-refractivity contribution in [3.8, 4) is 11.1 Å². The van der Waals surface area contributed by atoms with Gasteiger partial charge in [-0.3, -0.25) is 9.59 Å². The lowest BCUT2D eigenvalue weighted by atomic mass is 10.1. The van der Waals surface area contributed by atoms with Gasteiger partial charge in [-0.15, -0.1) is 0 Å². The first-order chi connectivity index (χ1) is 11.6. The molecule has 0 atom stereocenters. The molecule has 1 heterocycles. The lowest BCUT2D eigenvalue weighted by molar-refractivity contribution is -0.130. The zero-order valence-electron chi connectivity index (χ0n) is 13.4. The quantitative estimate of drug-likeness (QED) is 0.789. The first-order valence-electron chi connectivity index (χ1n) is 7.98. The van der Waals surface area contributed by atoms with Crippen molar-refractivity contribution in [1.29, 1.82) is 0 Å². The van der Waals surface area contributed by atoms with Crippen LogP contribution in [0.1, 0.15) is 24.0 Å². The van der Waals surface area contributed by atoms with Crippen LogP contribution < -0.4 is 5.32 Å². The number of nitrogens with zero attached hydrogens (tertiary/aromatic N) is 2. The van der Waals surface area contributed by atoms with Crippen LogP contribution in [0.25, 0.3) is 11.1 Å². The maximum Gasteiger partial charge on any atom is 0.271 e. The minimum Gasteiger partial charge on any atom is -0.321 e. The van der Waals surface area contributed by atoms with E-state index < -0.39 is 0 Å². The predicted molar refractivity (Wildman–Crippen MR) is 92.8 cm³/mol. The number of benzene rings is 2. The lowest BCUT2D eigenvalue weighted by Gasteiger charge is -2.19. The second kappa shape index (κ2) is 5.60. The summed E-state index contributed by atoms with van der Waals surface area (Å²) < 4.78 is 0. The average Bonchev–Trinajstić information content (AvgIpc) is 2.95. The minimum absolute atomic E-state index is 0.0677. The van der Waals surface area contributed by atoms with Gasteiger partial charge in [-0.1, -0.05) is 30.3 Å². The van der Waals surface area contributed by atoms with Gasteiger partial charge in [0.15, 0.2) is 0 Å². The first kappa shape index (κ1) is 14.6. The summed E-state index contributed by atoms with van der Waals surface area (Å²) in [6, 6.07) is 14.3. The highest BCUT2D eigenvalue weighted by Gasteiger charge is 2.23. The van der Waals surface area contributed by atoms with Crippen molar-refractivity contribution in [2.24, 2.45) is 5.10 Å². The fourth-order valence-electron chi connectivity index (χ4n) is 3.26. The van der Waals surface area contributed by atoms with Gasteiger partial charge in [-0.2, -0.15) is 5.10 Å². The van der Waals surface area contributed by atoms with E-state index in [-0.39, 0.29) is 11.8 Å². The van der Waals surface area contributed by atoms with Crippen LogP contribution in [-0.2, 0) is 16.0 Å². The highest BCUT2D eigenvalue weighted by Crippen LogP contribution is 2.37. The van der Waals surface area contributed by atoms with E-state index in [4.69, 9.17) is 0 Å². The number of hydrogen-bond donors (Lipinski definition) is 1. The number of carbonyl (C=O) groups excluding carboxylic acids is 2. The van der Waals surface area contributed by atoms with Crippen LogP contribution in [0, 0.1) is 0 Å². The molecule has 0 aromatic heterocycles. The Kier molecular flexibility index (Phi) is 3.41. The summed E-state index contributed by atoms with van der Waals surface area (Å²) in [6.07, 6.45) is 1.58. The summed E-state index contributed by atoms with van der Waals surface area (Å²) in [4.78, 5) is 23.8. The van der Waals surface area contributed by atoms with Crippen molar-refractivity contribution in [3.05, 3.63) is 53.6 Å². The number of carbonyl (C=O) groups is 2. The van der Waals surface area contributed by atoms with Crippen LogP contribution in [0.15, 0.2) is 47.6 Å². The van der Waals surface area contributed by atoms with Gasteiger partial charge < -0.3 is 5.32 Å². The van der Waals surface area contributed by atoms with Gasteiger partial charge in [-0.05, 0) is 40.8 Å². The number of hydrogen-bond acceptors (Lipinski definition) is 3. The third-order valence-corrected chi connectivity index (χ3v) is 4.52. The summed E-state index contributed by atoms with van der Waals surface area (Å²) in [6.45, 7) is 0. The van der Waals surface area contributed by atoms with E-state index in [1.165, 1.54) is 27.3 Å². The summed E-state index contributed by atoms with van der Waals surface area (Å²) in [5.41, 5.74) is 6.17. The molecule has 1 aliphatic carbocycles. The van der Waals surface area contributed by atoms with E-state index >= 15 is 0 Å². The van der Waals surface area contributed by atoms with Crippen LogP contribution in [0.3, 0.4) is 0 Å². The van der Waals surface area contributed by atoms with Crippen LogP contribution in [-0.4, -0.2) is 29.6 Å².